The SMILES string of the molecule is CC(=O)NC1C(OCCOCCOCCNC(=O)CCOCC(COCCC(=O)NCCOCCOCCOC2OC(COC(C)=O)C(OC(C)=O)C(OC(C)=O)C2NC(C)=O)(COCCC(=O)NCCOCCOCCOC2OC(COC(C)=O)C(OC(C)=O)C(OC(C)=O)C2NC(C)=O)NC(=O)CCCCCCC(=O)Oc2c(F)c(F)c(F)c(F)c2F)OC(COC(C)=O)C(OC(C)=O)C1OC(C)=O. The lowest BCUT2D eigenvalue weighted by atomic mass is 9.96. The van der Waals surface area contributed by atoms with E-state index in [0.29, 0.717) is 0 Å². The first-order valence-electron chi connectivity index (χ1n) is 45.1. The molecule has 54 heteroatoms. The zero-order chi connectivity index (χ0) is 105. The maximum atomic E-state index is 14.3. The van der Waals surface area contributed by atoms with Gasteiger partial charge in [0.25, 0.3) is 0 Å². The molecular weight excluding hydrogens is 1910 g/mol. The van der Waals surface area contributed by atoms with Gasteiger partial charge in [0.2, 0.25) is 76.2 Å². The topological polar surface area (TPSA) is 605 Å². The number of nitrogens with one attached hydrogen (secondary N) is 7. The molecule has 3 heterocycles. The molecule has 7 amide bonds. The summed E-state index contributed by atoms with van der Waals surface area (Å²) in [6.45, 7) is 9.37. The van der Waals surface area contributed by atoms with Gasteiger partial charge in [-0.05, 0) is 12.8 Å². The molecule has 49 nitrogen and oxygen atoms in total. The molecule has 3 saturated heterocycles. The van der Waals surface area contributed by atoms with E-state index in [1.54, 1.807) is 0 Å². The van der Waals surface area contributed by atoms with Crippen LogP contribution in [-0.2, 0) is 195 Å². The van der Waals surface area contributed by atoms with E-state index in [-0.39, 0.29) is 190 Å². The van der Waals surface area contributed by atoms with E-state index in [1.165, 1.54) is 20.8 Å². The van der Waals surface area contributed by atoms with Crippen LogP contribution >= 0.6 is 0 Å². The molecule has 4 rings (SSSR count). The van der Waals surface area contributed by atoms with Gasteiger partial charge in [0.1, 0.15) is 61.8 Å². The van der Waals surface area contributed by atoms with Crippen LogP contribution in [0.15, 0.2) is 0 Å². The van der Waals surface area contributed by atoms with Crippen LogP contribution in [0.3, 0.4) is 0 Å². The van der Waals surface area contributed by atoms with Gasteiger partial charge in [0, 0.05) is 135 Å². The quantitative estimate of drug-likeness (QED) is 0.00796. The number of halogens is 5. The first kappa shape index (κ1) is 123. The third kappa shape index (κ3) is 49.7. The lowest BCUT2D eigenvalue weighted by molar-refractivity contribution is -0.279. The van der Waals surface area contributed by atoms with Gasteiger partial charge < -0.3 is 156 Å². The van der Waals surface area contributed by atoms with E-state index in [1.807, 2.05) is 0 Å². The van der Waals surface area contributed by atoms with Gasteiger partial charge >= 0.3 is 59.7 Å². The fourth-order valence-electron chi connectivity index (χ4n) is 13.6. The van der Waals surface area contributed by atoms with Gasteiger partial charge in [-0.2, -0.15) is 8.78 Å². The average molecular weight is 2040 g/mol. The summed E-state index contributed by atoms with van der Waals surface area (Å²) in [7, 11) is 0. The van der Waals surface area contributed by atoms with Gasteiger partial charge in [-0.1, -0.05) is 12.8 Å². The monoisotopic (exact) mass is 2040 g/mol. The van der Waals surface area contributed by atoms with E-state index >= 15 is 0 Å². The Morgan fingerprint density at radius 2 is 0.546 bits per heavy atom. The Bertz CT molecular complexity index is 3820. The third-order valence-electron chi connectivity index (χ3n) is 19.4. The Kier molecular flexibility index (Phi) is 58.8. The van der Waals surface area contributed by atoms with Gasteiger partial charge in [0.15, 0.2) is 55.5 Å². The number of hydrogen-bond donors (Lipinski definition) is 7. The van der Waals surface area contributed by atoms with Crippen molar-refractivity contribution in [3.05, 3.63) is 29.1 Å². The Morgan fingerprint density at radius 1 is 0.284 bits per heavy atom. The van der Waals surface area contributed by atoms with E-state index in [2.05, 4.69) is 42.0 Å². The minimum Gasteiger partial charge on any atom is -0.463 e. The highest BCUT2D eigenvalue weighted by atomic mass is 19.2. The van der Waals surface area contributed by atoms with E-state index in [0.717, 1.165) is 62.3 Å². The number of hydrogen-bond acceptors (Lipinski definition) is 42. The maximum Gasteiger partial charge on any atom is 0.311 e. The molecule has 0 aliphatic carbocycles. The Balaban J connectivity index is 1.40. The molecular formula is C87H130F5N7O42. The van der Waals surface area contributed by atoms with Crippen molar-refractivity contribution in [1.82, 2.24) is 37.2 Å². The van der Waals surface area contributed by atoms with Crippen molar-refractivity contribution in [2.75, 3.05) is 178 Å². The maximum absolute atomic E-state index is 14.3. The molecule has 0 radical (unpaired) electrons. The third-order valence-corrected chi connectivity index (χ3v) is 19.4. The first-order chi connectivity index (χ1) is 67.0. The largest absolute Gasteiger partial charge is 0.463 e. The molecule has 3 fully saturated rings. The lowest BCUT2D eigenvalue weighted by Gasteiger charge is -2.44. The minimum absolute atomic E-state index is 0.00245. The highest BCUT2D eigenvalue weighted by Crippen LogP contribution is 2.34. The fraction of sp³-hybridized carbons (Fsp3) is 0.736. The summed E-state index contributed by atoms with van der Waals surface area (Å²) in [6, 6.07) is -3.65. The Labute approximate surface area is 808 Å². The smallest absolute Gasteiger partial charge is 0.311 e. The summed E-state index contributed by atoms with van der Waals surface area (Å²) in [5, 5.41) is 18.7. The second-order valence-corrected chi connectivity index (χ2v) is 31.5. The summed E-state index contributed by atoms with van der Waals surface area (Å²) in [5.41, 5.74) is -1.66. The second kappa shape index (κ2) is 67.7. The molecule has 7 N–H and O–H groups in total. The molecule has 0 spiro atoms. The highest BCUT2D eigenvalue weighted by Gasteiger charge is 2.55. The Hall–Kier alpha value is -10.7. The predicted octanol–water partition coefficient (Wildman–Crippen LogP) is -0.831. The number of benzene rings is 1. The number of carbonyl (C=O) groups is 17. The number of unbranched alkanes of at least 4 members (excludes halogenated alkanes) is 3. The number of rotatable bonds is 69. The van der Waals surface area contributed by atoms with E-state index in [9.17, 15) is 103 Å². The van der Waals surface area contributed by atoms with Crippen LogP contribution in [0, 0.1) is 29.1 Å². The predicted molar refractivity (Wildman–Crippen MR) is 461 cm³/mol. The van der Waals surface area contributed by atoms with Gasteiger partial charge in [-0.25, -0.2) is 13.2 Å². The van der Waals surface area contributed by atoms with Crippen molar-refractivity contribution >= 4 is 101 Å². The van der Waals surface area contributed by atoms with Crippen molar-refractivity contribution < 1.29 is 222 Å². The van der Waals surface area contributed by atoms with Crippen molar-refractivity contribution in [3.8, 4) is 5.75 Å². The number of amides is 7. The standard InChI is InChI=1S/C87H130F5N7O42/c1-49(100)96-74-81(135-58(10)109)77(132-55(7)106)61(43-129-52(4)103)138-84(74)126-40-37-120-34-31-117-28-22-93-64(112)19-25-123-46-87(99-67(115)17-15-13-14-16-18-68(116)141-80-72(91)70(89)69(88)71(90)73(80)92,47-124-26-20-65(113)94-23-29-118-32-35-121-38-41-127-85-75(97-50(2)101)82(136-59(11)110)78(133-56(8)107)62(139-85)44-130-53(5)104)48-125-27-21-66(114)95-24-30-119-33-36-122-39-42-128-86-76(98-51(3)102)83(137-60(12)111)79(134-57(9)108)63(140-86)45-131-54(6)105/h61-63,74-79,81-86H,13-48H2,1-12H3,(H,93,112)(H,94,113)(H,95,114)(H,96,100)(H,97,101)(H,98,102)(H,99,115). The van der Waals surface area contributed by atoms with Crippen molar-refractivity contribution in [1.29, 1.82) is 0 Å². The van der Waals surface area contributed by atoms with Gasteiger partial charge in [-0.3, -0.25) is 81.5 Å². The van der Waals surface area contributed by atoms with Gasteiger partial charge in [0.05, 0.1) is 139 Å². The van der Waals surface area contributed by atoms with Gasteiger partial charge in [-0.15, -0.1) is 0 Å². The van der Waals surface area contributed by atoms with Crippen LogP contribution in [0.5, 0.6) is 5.75 Å². The molecule has 141 heavy (non-hydrogen) atoms. The van der Waals surface area contributed by atoms with Crippen LogP contribution in [0.4, 0.5) is 22.0 Å². The summed E-state index contributed by atoms with van der Waals surface area (Å²) >= 11 is 0. The summed E-state index contributed by atoms with van der Waals surface area (Å²) in [6.07, 6.45) is -16.7. The molecule has 0 aromatic heterocycles. The van der Waals surface area contributed by atoms with Crippen LogP contribution in [0.1, 0.15) is 141 Å². The van der Waals surface area contributed by atoms with Crippen LogP contribution in [-0.4, -0.2) is 377 Å². The second-order valence-electron chi connectivity index (χ2n) is 31.5. The summed E-state index contributed by atoms with van der Waals surface area (Å²) in [4.78, 5) is 212. The van der Waals surface area contributed by atoms with Crippen molar-refractivity contribution in [3.63, 3.8) is 0 Å². The molecule has 1 aromatic carbocycles. The summed E-state index contributed by atoms with van der Waals surface area (Å²) < 4.78 is 210. The zero-order valence-electron chi connectivity index (χ0n) is 80.7. The highest BCUT2D eigenvalue weighted by molar-refractivity contribution is 5.79. The molecule has 0 saturated carbocycles. The lowest BCUT2D eigenvalue weighted by Crippen LogP contribution is -2.66. The molecule has 1 aromatic rings. The molecule has 3 aliphatic heterocycles. The van der Waals surface area contributed by atoms with Crippen LogP contribution in [0.25, 0.3) is 0 Å². The van der Waals surface area contributed by atoms with Crippen LogP contribution < -0.4 is 42.0 Å². The number of esters is 10. The van der Waals surface area contributed by atoms with Crippen molar-refractivity contribution in [2.45, 2.75) is 238 Å². The molecule has 15 unspecified atom stereocenters. The number of carbonyl (C=O) groups excluding carboxylic acids is 17. The normalized spacial score (nSPS) is 21.3. The van der Waals surface area contributed by atoms with E-state index < -0.39 is 279 Å². The molecule has 0 bridgehead atoms. The van der Waals surface area contributed by atoms with E-state index in [4.69, 9.17) is 114 Å². The Morgan fingerprint density at radius 3 is 0.823 bits per heavy atom. The zero-order valence-corrected chi connectivity index (χ0v) is 80.7. The first-order valence-corrected chi connectivity index (χ1v) is 45.1. The average Bonchev–Trinajstić information content (AvgIpc) is 0.788. The molecule has 800 valence electrons. The molecule has 3 aliphatic rings. The minimum atomic E-state index is -2.46. The fourth-order valence-corrected chi connectivity index (χ4v) is 13.6. The summed E-state index contributed by atoms with van der Waals surface area (Å²) in [5.74, 6) is -25.7. The number of ether oxygens (including phenoxy) is 25. The molecule has 15 atom stereocenters. The van der Waals surface area contributed by atoms with Crippen LogP contribution in [0.2, 0.25) is 0 Å². The van der Waals surface area contributed by atoms with Crippen molar-refractivity contribution in [2.24, 2.45) is 0 Å².